The Bertz CT molecular complexity index is 498. The standard InChI is InChI=1S/C12H10BrN3/c13-12-7-15-16(9-12)8-11(6-14)10-4-2-1-3-5-10/h1-5,7,9,11H,8H2. The highest BCUT2D eigenvalue weighted by Crippen LogP contribution is 2.17. The Balaban J connectivity index is 2.16. The van der Waals surface area contributed by atoms with Gasteiger partial charge < -0.3 is 0 Å². The van der Waals surface area contributed by atoms with Crippen molar-refractivity contribution >= 4 is 15.9 Å². The maximum atomic E-state index is 9.14. The van der Waals surface area contributed by atoms with E-state index in [2.05, 4.69) is 27.1 Å². The minimum Gasteiger partial charge on any atom is -0.270 e. The predicted octanol–water partition coefficient (Wildman–Crippen LogP) is 2.95. The van der Waals surface area contributed by atoms with Gasteiger partial charge in [-0.1, -0.05) is 30.3 Å². The largest absolute Gasteiger partial charge is 0.270 e. The van der Waals surface area contributed by atoms with Crippen LogP contribution in [0.25, 0.3) is 0 Å². The smallest absolute Gasteiger partial charge is 0.0908 e. The molecule has 0 spiro atoms. The summed E-state index contributed by atoms with van der Waals surface area (Å²) in [5, 5.41) is 13.3. The van der Waals surface area contributed by atoms with Gasteiger partial charge in [0.15, 0.2) is 0 Å². The Morgan fingerprint density at radius 1 is 1.38 bits per heavy atom. The molecule has 0 bridgehead atoms. The molecule has 0 aliphatic heterocycles. The summed E-state index contributed by atoms with van der Waals surface area (Å²) in [5.74, 6) is -0.159. The lowest BCUT2D eigenvalue weighted by molar-refractivity contribution is 0.578. The normalized spacial score (nSPS) is 12.0. The molecule has 4 heteroatoms. The lowest BCUT2D eigenvalue weighted by Crippen LogP contribution is -2.07. The average molecular weight is 276 g/mol. The van der Waals surface area contributed by atoms with Crippen molar-refractivity contribution in [2.45, 2.75) is 12.5 Å². The van der Waals surface area contributed by atoms with Gasteiger partial charge in [0.1, 0.15) is 0 Å². The molecule has 0 saturated carbocycles. The number of nitriles is 1. The van der Waals surface area contributed by atoms with Crippen LogP contribution in [0.2, 0.25) is 0 Å². The van der Waals surface area contributed by atoms with E-state index in [9.17, 15) is 0 Å². The van der Waals surface area contributed by atoms with Gasteiger partial charge in [0.2, 0.25) is 0 Å². The van der Waals surface area contributed by atoms with E-state index in [1.165, 1.54) is 0 Å². The van der Waals surface area contributed by atoms with Crippen molar-refractivity contribution in [3.8, 4) is 6.07 Å². The van der Waals surface area contributed by atoms with Crippen molar-refractivity contribution in [2.24, 2.45) is 0 Å². The fraction of sp³-hybridized carbons (Fsp3) is 0.167. The minimum atomic E-state index is -0.159. The Kier molecular flexibility index (Phi) is 3.37. The number of halogens is 1. The third-order valence-corrected chi connectivity index (χ3v) is 2.74. The molecule has 0 fully saturated rings. The molecule has 1 unspecified atom stereocenters. The van der Waals surface area contributed by atoms with E-state index in [-0.39, 0.29) is 5.92 Å². The van der Waals surface area contributed by atoms with Gasteiger partial charge in [0.25, 0.3) is 0 Å². The highest BCUT2D eigenvalue weighted by atomic mass is 79.9. The minimum absolute atomic E-state index is 0.159. The molecule has 0 radical (unpaired) electrons. The molecule has 2 rings (SSSR count). The lowest BCUT2D eigenvalue weighted by Gasteiger charge is -2.08. The molecule has 80 valence electrons. The first-order valence-electron chi connectivity index (χ1n) is 4.92. The molecular formula is C12H10BrN3. The van der Waals surface area contributed by atoms with Crippen LogP contribution >= 0.6 is 15.9 Å². The fourth-order valence-corrected chi connectivity index (χ4v) is 1.86. The summed E-state index contributed by atoms with van der Waals surface area (Å²) >= 11 is 3.33. The molecule has 1 atom stereocenters. The van der Waals surface area contributed by atoms with Crippen molar-refractivity contribution in [3.63, 3.8) is 0 Å². The molecule has 0 aliphatic carbocycles. The monoisotopic (exact) mass is 275 g/mol. The summed E-state index contributed by atoms with van der Waals surface area (Å²) in [6.07, 6.45) is 3.59. The third kappa shape index (κ3) is 2.50. The maximum absolute atomic E-state index is 9.14. The predicted molar refractivity (Wildman–Crippen MR) is 64.7 cm³/mol. The first-order chi connectivity index (χ1) is 7.79. The summed E-state index contributed by atoms with van der Waals surface area (Å²) in [7, 11) is 0. The first kappa shape index (κ1) is 10.9. The highest BCUT2D eigenvalue weighted by molar-refractivity contribution is 9.10. The van der Waals surface area contributed by atoms with Crippen LogP contribution in [0, 0.1) is 11.3 Å². The van der Waals surface area contributed by atoms with Gasteiger partial charge >= 0.3 is 0 Å². The molecule has 1 aromatic heterocycles. The van der Waals surface area contributed by atoms with Crippen LogP contribution in [0.3, 0.4) is 0 Å². The highest BCUT2D eigenvalue weighted by Gasteiger charge is 2.11. The number of nitrogens with zero attached hydrogens (tertiary/aromatic N) is 3. The number of benzene rings is 1. The van der Waals surface area contributed by atoms with Crippen LogP contribution in [-0.2, 0) is 6.54 Å². The summed E-state index contributed by atoms with van der Waals surface area (Å²) < 4.78 is 2.70. The second-order valence-corrected chi connectivity index (χ2v) is 4.39. The summed E-state index contributed by atoms with van der Waals surface area (Å²) in [4.78, 5) is 0. The van der Waals surface area contributed by atoms with Crippen LogP contribution in [0.15, 0.2) is 47.2 Å². The van der Waals surface area contributed by atoms with Gasteiger partial charge in [-0.3, -0.25) is 4.68 Å². The first-order valence-corrected chi connectivity index (χ1v) is 5.71. The van der Waals surface area contributed by atoms with Crippen molar-refractivity contribution in [1.29, 1.82) is 5.26 Å². The molecule has 2 aromatic rings. The molecule has 16 heavy (non-hydrogen) atoms. The van der Waals surface area contributed by atoms with Gasteiger partial charge in [0.05, 0.1) is 29.2 Å². The van der Waals surface area contributed by atoms with Crippen molar-refractivity contribution in [2.75, 3.05) is 0 Å². The number of rotatable bonds is 3. The van der Waals surface area contributed by atoms with Crippen LogP contribution in [-0.4, -0.2) is 9.78 Å². The van der Waals surface area contributed by atoms with E-state index < -0.39 is 0 Å². The van der Waals surface area contributed by atoms with Gasteiger partial charge in [-0.2, -0.15) is 10.4 Å². The number of hydrogen-bond donors (Lipinski definition) is 0. The second kappa shape index (κ2) is 4.95. The van der Waals surface area contributed by atoms with E-state index >= 15 is 0 Å². The van der Waals surface area contributed by atoms with Crippen molar-refractivity contribution in [1.82, 2.24) is 9.78 Å². The quantitative estimate of drug-likeness (QED) is 0.864. The molecular weight excluding hydrogens is 266 g/mol. The van der Waals surface area contributed by atoms with Crippen LogP contribution in [0.5, 0.6) is 0 Å². The van der Waals surface area contributed by atoms with Gasteiger partial charge in [0, 0.05) is 6.20 Å². The lowest BCUT2D eigenvalue weighted by atomic mass is 10.0. The maximum Gasteiger partial charge on any atom is 0.0908 e. The Labute approximate surface area is 102 Å². The van der Waals surface area contributed by atoms with Gasteiger partial charge in [-0.05, 0) is 21.5 Å². The average Bonchev–Trinajstić information content (AvgIpc) is 2.73. The Morgan fingerprint density at radius 2 is 2.12 bits per heavy atom. The van der Waals surface area contributed by atoms with E-state index in [1.807, 2.05) is 36.5 Å². The van der Waals surface area contributed by atoms with E-state index in [1.54, 1.807) is 10.9 Å². The number of aromatic nitrogens is 2. The molecule has 1 heterocycles. The Morgan fingerprint density at radius 3 is 2.69 bits per heavy atom. The van der Waals surface area contributed by atoms with Gasteiger partial charge in [-0.25, -0.2) is 0 Å². The van der Waals surface area contributed by atoms with E-state index in [4.69, 9.17) is 5.26 Å². The zero-order chi connectivity index (χ0) is 11.4. The summed E-state index contributed by atoms with van der Waals surface area (Å²) in [6, 6.07) is 12.1. The molecule has 0 amide bonds. The SMILES string of the molecule is N#CC(Cn1cc(Br)cn1)c1ccccc1. The zero-order valence-electron chi connectivity index (χ0n) is 8.55. The van der Waals surface area contributed by atoms with Crippen LogP contribution < -0.4 is 0 Å². The molecule has 0 N–H and O–H groups in total. The number of hydrogen-bond acceptors (Lipinski definition) is 2. The van der Waals surface area contributed by atoms with Crippen LogP contribution in [0.1, 0.15) is 11.5 Å². The zero-order valence-corrected chi connectivity index (χ0v) is 10.1. The third-order valence-electron chi connectivity index (χ3n) is 2.33. The van der Waals surface area contributed by atoms with Gasteiger partial charge in [-0.15, -0.1) is 0 Å². The van der Waals surface area contributed by atoms with Crippen molar-refractivity contribution < 1.29 is 0 Å². The summed E-state index contributed by atoms with van der Waals surface area (Å²) in [6.45, 7) is 0.576. The topological polar surface area (TPSA) is 41.6 Å². The molecule has 3 nitrogen and oxygen atoms in total. The fourth-order valence-electron chi connectivity index (χ4n) is 1.53. The molecule has 1 aromatic carbocycles. The van der Waals surface area contributed by atoms with Crippen LogP contribution in [0.4, 0.5) is 0 Å². The molecule has 0 saturated heterocycles. The van der Waals surface area contributed by atoms with E-state index in [0.29, 0.717) is 6.54 Å². The van der Waals surface area contributed by atoms with E-state index in [0.717, 1.165) is 10.0 Å². The van der Waals surface area contributed by atoms with Crippen molar-refractivity contribution in [3.05, 3.63) is 52.8 Å². The molecule has 0 aliphatic rings. The second-order valence-electron chi connectivity index (χ2n) is 3.47. The summed E-state index contributed by atoms with van der Waals surface area (Å²) in [5.41, 5.74) is 1.02. The Hall–Kier alpha value is -1.60.